The Hall–Kier alpha value is -2.31. The summed E-state index contributed by atoms with van der Waals surface area (Å²) in [4.78, 5) is 14.2. The maximum atomic E-state index is 12.0. The SMILES string of the molecule is Cc1cc(C)cc(OCCOc2ccc(C=C3SC(=S)N(C)C3=O)cc2)c1. The molecular formula is C21H21NO3S2. The average Bonchev–Trinajstić information content (AvgIpc) is 2.86. The van der Waals surface area contributed by atoms with Crippen LogP contribution in [0.2, 0.25) is 0 Å². The summed E-state index contributed by atoms with van der Waals surface area (Å²) >= 11 is 6.46. The van der Waals surface area contributed by atoms with E-state index < -0.39 is 0 Å². The van der Waals surface area contributed by atoms with E-state index >= 15 is 0 Å². The van der Waals surface area contributed by atoms with Gasteiger partial charge in [0.1, 0.15) is 29.0 Å². The predicted octanol–water partition coefficient (Wildman–Crippen LogP) is 4.59. The Kier molecular flexibility index (Phi) is 6.19. The van der Waals surface area contributed by atoms with Gasteiger partial charge in [-0.3, -0.25) is 9.69 Å². The van der Waals surface area contributed by atoms with Crippen molar-refractivity contribution in [2.75, 3.05) is 20.3 Å². The molecule has 6 heteroatoms. The molecule has 0 radical (unpaired) electrons. The van der Waals surface area contributed by atoms with Gasteiger partial charge in [-0.15, -0.1) is 0 Å². The van der Waals surface area contributed by atoms with Crippen molar-refractivity contribution in [2.24, 2.45) is 0 Å². The number of amides is 1. The summed E-state index contributed by atoms with van der Waals surface area (Å²) in [5.74, 6) is 1.56. The molecule has 0 atom stereocenters. The molecule has 1 amide bonds. The monoisotopic (exact) mass is 399 g/mol. The highest BCUT2D eigenvalue weighted by atomic mass is 32.2. The number of thioether (sulfide) groups is 1. The highest BCUT2D eigenvalue weighted by Crippen LogP contribution is 2.31. The predicted molar refractivity (Wildman–Crippen MR) is 114 cm³/mol. The Labute approximate surface area is 169 Å². The number of aryl methyl sites for hydroxylation is 2. The summed E-state index contributed by atoms with van der Waals surface area (Å²) in [6.45, 7) is 5.04. The number of hydrogen-bond acceptors (Lipinski definition) is 5. The fourth-order valence-electron chi connectivity index (χ4n) is 2.69. The molecule has 0 spiro atoms. The second kappa shape index (κ2) is 8.59. The van der Waals surface area contributed by atoms with Crippen molar-refractivity contribution in [2.45, 2.75) is 13.8 Å². The molecule has 140 valence electrons. The lowest BCUT2D eigenvalue weighted by molar-refractivity contribution is -0.121. The smallest absolute Gasteiger partial charge is 0.265 e. The van der Waals surface area contributed by atoms with Crippen LogP contribution in [-0.2, 0) is 4.79 Å². The first-order valence-electron chi connectivity index (χ1n) is 8.58. The van der Waals surface area contributed by atoms with E-state index in [2.05, 4.69) is 19.9 Å². The van der Waals surface area contributed by atoms with Crippen molar-refractivity contribution in [1.82, 2.24) is 4.90 Å². The number of hydrogen-bond donors (Lipinski definition) is 0. The highest BCUT2D eigenvalue weighted by molar-refractivity contribution is 8.26. The van der Waals surface area contributed by atoms with Crippen LogP contribution in [0.25, 0.3) is 6.08 Å². The van der Waals surface area contributed by atoms with Crippen molar-refractivity contribution in [1.29, 1.82) is 0 Å². The van der Waals surface area contributed by atoms with Gasteiger partial charge in [-0.05, 0) is 60.9 Å². The zero-order valence-electron chi connectivity index (χ0n) is 15.5. The number of rotatable bonds is 6. The standard InChI is InChI=1S/C21H21NO3S2/c1-14-10-15(2)12-18(11-14)25-9-8-24-17-6-4-16(5-7-17)13-19-20(23)22(3)21(26)27-19/h4-7,10-13H,8-9H2,1-3H3. The van der Waals surface area contributed by atoms with Gasteiger partial charge < -0.3 is 9.47 Å². The molecule has 0 aromatic heterocycles. The van der Waals surface area contributed by atoms with Gasteiger partial charge in [-0.25, -0.2) is 0 Å². The lowest BCUT2D eigenvalue weighted by Gasteiger charge is -2.10. The first-order chi connectivity index (χ1) is 12.9. The molecule has 0 bridgehead atoms. The highest BCUT2D eigenvalue weighted by Gasteiger charge is 2.28. The largest absolute Gasteiger partial charge is 0.490 e. The van der Waals surface area contributed by atoms with Gasteiger partial charge in [0.25, 0.3) is 5.91 Å². The van der Waals surface area contributed by atoms with E-state index in [1.165, 1.54) is 27.8 Å². The first-order valence-corrected chi connectivity index (χ1v) is 9.80. The van der Waals surface area contributed by atoms with Crippen molar-refractivity contribution in [3.05, 3.63) is 64.1 Å². The Morgan fingerprint density at radius 3 is 2.15 bits per heavy atom. The normalized spacial score (nSPS) is 15.5. The number of carbonyl (C=O) groups excluding carboxylic acids is 1. The lowest BCUT2D eigenvalue weighted by Crippen LogP contribution is -2.22. The number of nitrogens with zero attached hydrogens (tertiary/aromatic N) is 1. The van der Waals surface area contributed by atoms with Crippen LogP contribution in [0.1, 0.15) is 16.7 Å². The summed E-state index contributed by atoms with van der Waals surface area (Å²) < 4.78 is 12.0. The number of benzene rings is 2. The van der Waals surface area contributed by atoms with Crippen molar-refractivity contribution < 1.29 is 14.3 Å². The van der Waals surface area contributed by atoms with E-state index in [0.717, 1.165) is 17.1 Å². The van der Waals surface area contributed by atoms with E-state index in [1.807, 2.05) is 42.5 Å². The van der Waals surface area contributed by atoms with Crippen LogP contribution in [0.15, 0.2) is 47.4 Å². The molecule has 27 heavy (non-hydrogen) atoms. The van der Waals surface area contributed by atoms with Crippen LogP contribution in [0, 0.1) is 13.8 Å². The minimum Gasteiger partial charge on any atom is -0.490 e. The second-order valence-electron chi connectivity index (χ2n) is 6.33. The summed E-state index contributed by atoms with van der Waals surface area (Å²) in [7, 11) is 1.69. The quantitative estimate of drug-likeness (QED) is 0.403. The topological polar surface area (TPSA) is 38.8 Å². The fourth-order valence-corrected chi connectivity index (χ4v) is 3.87. The average molecular weight is 400 g/mol. The zero-order valence-corrected chi connectivity index (χ0v) is 17.2. The third kappa shape index (κ3) is 5.11. The lowest BCUT2D eigenvalue weighted by atomic mass is 10.1. The first kappa shape index (κ1) is 19.5. The minimum absolute atomic E-state index is 0.0612. The summed E-state index contributed by atoms with van der Waals surface area (Å²) in [5, 5.41) is 0. The molecule has 3 rings (SSSR count). The van der Waals surface area contributed by atoms with Gasteiger partial charge in [0.05, 0.1) is 4.91 Å². The molecule has 2 aromatic carbocycles. The molecule has 0 N–H and O–H groups in total. The second-order valence-corrected chi connectivity index (χ2v) is 8.01. The van der Waals surface area contributed by atoms with E-state index in [1.54, 1.807) is 7.05 Å². The van der Waals surface area contributed by atoms with Gasteiger partial charge >= 0.3 is 0 Å². The van der Waals surface area contributed by atoms with E-state index in [-0.39, 0.29) is 5.91 Å². The Morgan fingerprint density at radius 2 is 1.59 bits per heavy atom. The van der Waals surface area contributed by atoms with Gasteiger partial charge in [0.15, 0.2) is 0 Å². The third-order valence-electron chi connectivity index (χ3n) is 3.98. The Balaban J connectivity index is 1.51. The summed E-state index contributed by atoms with van der Waals surface area (Å²) in [6.07, 6.45) is 1.84. The van der Waals surface area contributed by atoms with Gasteiger partial charge in [-0.2, -0.15) is 0 Å². The van der Waals surface area contributed by atoms with Gasteiger partial charge in [0.2, 0.25) is 0 Å². The van der Waals surface area contributed by atoms with E-state index in [9.17, 15) is 4.79 Å². The molecule has 4 nitrogen and oxygen atoms in total. The maximum Gasteiger partial charge on any atom is 0.265 e. The molecule has 1 fully saturated rings. The molecule has 0 saturated carbocycles. The third-order valence-corrected chi connectivity index (χ3v) is 5.47. The van der Waals surface area contributed by atoms with Crippen LogP contribution < -0.4 is 9.47 Å². The van der Waals surface area contributed by atoms with Gasteiger partial charge in [0, 0.05) is 7.05 Å². The fraction of sp³-hybridized carbons (Fsp3) is 0.238. The number of carbonyl (C=O) groups is 1. The Bertz CT molecular complexity index is 871. The maximum absolute atomic E-state index is 12.0. The molecule has 1 aliphatic rings. The van der Waals surface area contributed by atoms with Crippen LogP contribution in [0.3, 0.4) is 0 Å². The Morgan fingerprint density at radius 1 is 1.00 bits per heavy atom. The van der Waals surface area contributed by atoms with Crippen LogP contribution in [0.5, 0.6) is 11.5 Å². The molecule has 1 aliphatic heterocycles. The van der Waals surface area contributed by atoms with Crippen LogP contribution >= 0.6 is 24.0 Å². The molecule has 2 aromatic rings. The summed E-state index contributed by atoms with van der Waals surface area (Å²) in [5.41, 5.74) is 3.30. The van der Waals surface area contributed by atoms with Crippen molar-refractivity contribution in [3.63, 3.8) is 0 Å². The molecule has 0 unspecified atom stereocenters. The molecular weight excluding hydrogens is 378 g/mol. The van der Waals surface area contributed by atoms with E-state index in [4.69, 9.17) is 21.7 Å². The van der Waals surface area contributed by atoms with Crippen LogP contribution in [-0.4, -0.2) is 35.4 Å². The van der Waals surface area contributed by atoms with Gasteiger partial charge in [-0.1, -0.05) is 42.2 Å². The van der Waals surface area contributed by atoms with Crippen LogP contribution in [0.4, 0.5) is 0 Å². The molecule has 1 saturated heterocycles. The zero-order chi connectivity index (χ0) is 19.4. The minimum atomic E-state index is -0.0612. The molecule has 1 heterocycles. The summed E-state index contributed by atoms with van der Waals surface area (Å²) in [6, 6.07) is 13.8. The molecule has 0 aliphatic carbocycles. The number of likely N-dealkylation sites (N-methyl/N-ethyl adjacent to an activating group) is 1. The number of thiocarbonyl (C=S) groups is 1. The van der Waals surface area contributed by atoms with Crippen molar-refractivity contribution >= 4 is 40.3 Å². The number of ether oxygens (including phenoxy) is 2. The van der Waals surface area contributed by atoms with Crippen molar-refractivity contribution in [3.8, 4) is 11.5 Å². The van der Waals surface area contributed by atoms with E-state index in [0.29, 0.717) is 22.4 Å².